The van der Waals surface area contributed by atoms with Crippen molar-refractivity contribution in [1.82, 2.24) is 4.98 Å². The summed E-state index contributed by atoms with van der Waals surface area (Å²) in [5.74, 6) is 0.387. The summed E-state index contributed by atoms with van der Waals surface area (Å²) in [7, 11) is 0.380. The van der Waals surface area contributed by atoms with Crippen molar-refractivity contribution < 1.29 is 14.3 Å². The average molecular weight is 354 g/mol. The van der Waals surface area contributed by atoms with E-state index >= 15 is 0 Å². The number of aromatic amines is 1. The predicted octanol–water partition coefficient (Wildman–Crippen LogP) is 4.56. The summed E-state index contributed by atoms with van der Waals surface area (Å²) in [6.45, 7) is 9.21. The van der Waals surface area contributed by atoms with E-state index in [4.69, 9.17) is 21.1 Å². The van der Waals surface area contributed by atoms with Gasteiger partial charge < -0.3 is 14.5 Å². The maximum Gasteiger partial charge on any atom is 0.310 e. The number of halogens is 1. The molecular weight excluding hydrogens is 330 g/mol. The predicted molar refractivity (Wildman–Crippen MR) is 97.4 cm³/mol. The maximum atomic E-state index is 12.2. The molecule has 0 fully saturated rings. The van der Waals surface area contributed by atoms with E-state index in [9.17, 15) is 4.79 Å². The number of fused-ring (bicyclic) bond motifs is 1. The highest BCUT2D eigenvalue weighted by Crippen LogP contribution is 2.36. The Balaban J connectivity index is 2.19. The molecule has 126 valence electrons. The van der Waals surface area contributed by atoms with Gasteiger partial charge in [-0.2, -0.15) is 0 Å². The monoisotopic (exact) mass is 353 g/mol. The summed E-state index contributed by atoms with van der Waals surface area (Å²) in [5, 5.41) is 1.37. The Kier molecular flexibility index (Phi) is 5.42. The van der Waals surface area contributed by atoms with Crippen LogP contribution in [0.2, 0.25) is 30.7 Å². The summed E-state index contributed by atoms with van der Waals surface area (Å²) in [4.78, 5) is 15.4. The third kappa shape index (κ3) is 4.29. The lowest BCUT2D eigenvalue weighted by Gasteiger charge is -2.15. The molecule has 6 heteroatoms. The Labute approximate surface area is 143 Å². The number of methoxy groups -OCH3 is 1. The third-order valence-electron chi connectivity index (χ3n) is 3.84. The Morgan fingerprint density at radius 1 is 1.30 bits per heavy atom. The molecule has 0 spiro atoms. The minimum Gasteiger partial charge on any atom is -0.495 e. The second-order valence-corrected chi connectivity index (χ2v) is 12.9. The molecule has 0 saturated heterocycles. The zero-order chi connectivity index (χ0) is 17.2. The number of carbonyl (C=O) groups excluding carboxylic acids is 1. The maximum absolute atomic E-state index is 12.2. The molecule has 4 nitrogen and oxygen atoms in total. The lowest BCUT2D eigenvalue weighted by Crippen LogP contribution is -2.23. The van der Waals surface area contributed by atoms with Crippen molar-refractivity contribution in [1.29, 1.82) is 0 Å². The molecule has 23 heavy (non-hydrogen) atoms. The molecule has 0 aliphatic heterocycles. The third-order valence-corrected chi connectivity index (χ3v) is 5.92. The smallest absolute Gasteiger partial charge is 0.310 e. The van der Waals surface area contributed by atoms with Crippen molar-refractivity contribution in [2.24, 2.45) is 0 Å². The summed E-state index contributed by atoms with van der Waals surface area (Å²) in [5.41, 5.74) is 2.71. The van der Waals surface area contributed by atoms with Gasteiger partial charge in [0.1, 0.15) is 5.75 Å². The van der Waals surface area contributed by atoms with Gasteiger partial charge in [0, 0.05) is 24.7 Å². The Morgan fingerprint density at radius 3 is 2.61 bits per heavy atom. The molecule has 1 N–H and O–H groups in total. The topological polar surface area (TPSA) is 51.3 Å². The fourth-order valence-electron chi connectivity index (χ4n) is 2.47. The van der Waals surface area contributed by atoms with Gasteiger partial charge >= 0.3 is 5.97 Å². The molecule has 1 aromatic carbocycles. The van der Waals surface area contributed by atoms with E-state index in [0.29, 0.717) is 17.4 Å². The standard InChI is InChI=1S/C17H24ClNO3Si/c1-11-12(10-15(20)22-8-9-23(3,4)5)16-13(19-11)6-7-14(21-2)17(16)18/h6-7,19H,8-10H2,1-5H3. The summed E-state index contributed by atoms with van der Waals surface area (Å²) in [6, 6.07) is 4.70. The number of H-pyrrole nitrogens is 1. The van der Waals surface area contributed by atoms with Gasteiger partial charge in [-0.15, -0.1) is 0 Å². The number of aryl methyl sites for hydroxylation is 1. The highest BCUT2D eigenvalue weighted by atomic mass is 35.5. The van der Waals surface area contributed by atoms with Gasteiger partial charge in [0.25, 0.3) is 0 Å². The van der Waals surface area contributed by atoms with Crippen LogP contribution < -0.4 is 4.74 Å². The number of aromatic nitrogens is 1. The largest absolute Gasteiger partial charge is 0.495 e. The van der Waals surface area contributed by atoms with Gasteiger partial charge in [-0.3, -0.25) is 4.79 Å². The van der Waals surface area contributed by atoms with Crippen LogP contribution in [0.3, 0.4) is 0 Å². The molecule has 0 bridgehead atoms. The molecule has 0 unspecified atom stereocenters. The first-order chi connectivity index (χ1) is 10.7. The number of nitrogens with one attached hydrogen (secondary N) is 1. The van der Waals surface area contributed by atoms with Gasteiger partial charge in [-0.25, -0.2) is 0 Å². The number of benzene rings is 1. The van der Waals surface area contributed by atoms with Crippen LogP contribution in [0.4, 0.5) is 0 Å². The minimum absolute atomic E-state index is 0.213. The summed E-state index contributed by atoms with van der Waals surface area (Å²) >= 11 is 6.42. The first-order valence-electron chi connectivity index (χ1n) is 7.72. The van der Waals surface area contributed by atoms with Crippen LogP contribution in [0.25, 0.3) is 10.9 Å². The van der Waals surface area contributed by atoms with Crippen LogP contribution in [-0.2, 0) is 16.0 Å². The first kappa shape index (κ1) is 17.9. The molecule has 1 aromatic heterocycles. The van der Waals surface area contributed by atoms with E-state index in [2.05, 4.69) is 24.6 Å². The van der Waals surface area contributed by atoms with Gasteiger partial charge in [0.05, 0.1) is 25.2 Å². The van der Waals surface area contributed by atoms with Crippen molar-refractivity contribution in [3.8, 4) is 5.75 Å². The van der Waals surface area contributed by atoms with Crippen LogP contribution >= 0.6 is 11.6 Å². The van der Waals surface area contributed by atoms with Crippen molar-refractivity contribution in [2.75, 3.05) is 13.7 Å². The zero-order valence-corrected chi connectivity index (χ0v) is 16.1. The molecule has 0 amide bonds. The fraction of sp³-hybridized carbons (Fsp3) is 0.471. The van der Waals surface area contributed by atoms with E-state index in [0.717, 1.165) is 28.2 Å². The van der Waals surface area contributed by atoms with Crippen LogP contribution in [0, 0.1) is 6.92 Å². The van der Waals surface area contributed by atoms with E-state index in [1.165, 1.54) is 0 Å². The van der Waals surface area contributed by atoms with Crippen molar-refractivity contribution in [3.63, 3.8) is 0 Å². The molecule has 2 aromatic rings. The van der Waals surface area contributed by atoms with Crippen LogP contribution in [0.1, 0.15) is 11.3 Å². The first-order valence-corrected chi connectivity index (χ1v) is 11.8. The highest BCUT2D eigenvalue weighted by molar-refractivity contribution is 6.76. The highest BCUT2D eigenvalue weighted by Gasteiger charge is 2.19. The number of hydrogen-bond donors (Lipinski definition) is 1. The molecule has 0 radical (unpaired) electrons. The molecule has 2 rings (SSSR count). The fourth-order valence-corrected chi connectivity index (χ4v) is 3.54. The number of rotatable bonds is 6. The van der Waals surface area contributed by atoms with Crippen molar-refractivity contribution >= 4 is 36.5 Å². The Bertz CT molecular complexity index is 719. The van der Waals surface area contributed by atoms with Gasteiger partial charge in [-0.1, -0.05) is 31.2 Å². The molecular formula is C17H24ClNO3Si. The van der Waals surface area contributed by atoms with E-state index in [1.807, 2.05) is 19.1 Å². The molecule has 0 aliphatic rings. The number of carbonyl (C=O) groups is 1. The summed E-state index contributed by atoms with van der Waals surface area (Å²) < 4.78 is 10.7. The summed E-state index contributed by atoms with van der Waals surface area (Å²) in [6.07, 6.45) is 0.213. The number of hydrogen-bond acceptors (Lipinski definition) is 3. The van der Waals surface area contributed by atoms with E-state index in [1.54, 1.807) is 7.11 Å². The SMILES string of the molecule is COc1ccc2[nH]c(C)c(CC(=O)OCC[Si](C)(C)C)c2c1Cl. The van der Waals surface area contributed by atoms with E-state index < -0.39 is 8.07 Å². The van der Waals surface area contributed by atoms with Crippen molar-refractivity contribution in [3.05, 3.63) is 28.4 Å². The number of ether oxygens (including phenoxy) is 2. The molecule has 0 aliphatic carbocycles. The van der Waals surface area contributed by atoms with Crippen LogP contribution in [-0.4, -0.2) is 32.7 Å². The van der Waals surface area contributed by atoms with Crippen molar-refractivity contribution in [2.45, 2.75) is 39.0 Å². The molecule has 1 heterocycles. The lowest BCUT2D eigenvalue weighted by molar-refractivity contribution is -0.142. The lowest BCUT2D eigenvalue weighted by atomic mass is 10.1. The quantitative estimate of drug-likeness (QED) is 0.611. The minimum atomic E-state index is -1.20. The Morgan fingerprint density at radius 2 is 2.00 bits per heavy atom. The van der Waals surface area contributed by atoms with Crippen LogP contribution in [0.15, 0.2) is 12.1 Å². The molecule has 0 saturated carbocycles. The van der Waals surface area contributed by atoms with Gasteiger partial charge in [0.2, 0.25) is 0 Å². The number of esters is 1. The van der Waals surface area contributed by atoms with E-state index in [-0.39, 0.29) is 12.4 Å². The van der Waals surface area contributed by atoms with Gasteiger partial charge in [-0.05, 0) is 30.7 Å². The average Bonchev–Trinajstić information content (AvgIpc) is 2.75. The second kappa shape index (κ2) is 6.97. The van der Waals surface area contributed by atoms with Crippen LogP contribution in [0.5, 0.6) is 5.75 Å². The second-order valence-electron chi connectivity index (χ2n) is 6.94. The van der Waals surface area contributed by atoms with Gasteiger partial charge in [0.15, 0.2) is 0 Å². The zero-order valence-electron chi connectivity index (χ0n) is 14.4. The molecule has 0 atom stereocenters. The normalized spacial score (nSPS) is 11.7. The Hall–Kier alpha value is -1.46.